The van der Waals surface area contributed by atoms with E-state index in [1.165, 1.54) is 0 Å². The van der Waals surface area contributed by atoms with Crippen LogP contribution in [0.15, 0.2) is 0 Å². The number of ether oxygens (including phenoxy) is 1. The highest BCUT2D eigenvalue weighted by atomic mass is 16.6. The molecule has 5 heteroatoms. The molecule has 9 heavy (non-hydrogen) atoms. The predicted octanol–water partition coefficient (Wildman–Crippen LogP) is -1.55. The molecule has 0 amide bonds. The van der Waals surface area contributed by atoms with Gasteiger partial charge in [-0.1, -0.05) is 0 Å². The van der Waals surface area contributed by atoms with E-state index in [-0.39, 0.29) is 6.54 Å². The van der Waals surface area contributed by atoms with E-state index in [4.69, 9.17) is 5.73 Å². The van der Waals surface area contributed by atoms with Gasteiger partial charge in [0.15, 0.2) is 6.61 Å². The van der Waals surface area contributed by atoms with Crippen LogP contribution < -0.4 is 5.73 Å². The fourth-order valence-corrected chi connectivity index (χ4v) is 0.198. The Kier molecular flexibility index (Phi) is 3.57. The largest absolute Gasteiger partial charge is 0.390 e. The van der Waals surface area contributed by atoms with Crippen molar-refractivity contribution in [1.29, 1.82) is 0 Å². The number of rotatable bonds is 2. The van der Waals surface area contributed by atoms with E-state index < -0.39 is 18.5 Å². The lowest BCUT2D eigenvalue weighted by Crippen LogP contribution is -2.21. The van der Waals surface area contributed by atoms with E-state index in [1.807, 2.05) is 0 Å². The molecule has 1 radical (unpaired) electrons. The van der Waals surface area contributed by atoms with E-state index in [9.17, 15) is 14.7 Å². The Balaban J connectivity index is 3.47. The third kappa shape index (κ3) is 3.63. The standard InChI is InChI=1S/C4H6NO4/c5-1-3(7)9-4(8)2-6/h1-2,5H2. The van der Waals surface area contributed by atoms with Gasteiger partial charge >= 0.3 is 11.9 Å². The Morgan fingerprint density at radius 1 is 1.33 bits per heavy atom. The summed E-state index contributed by atoms with van der Waals surface area (Å²) in [6, 6.07) is 0. The molecule has 0 rings (SSSR count). The minimum atomic E-state index is -1.09. The number of carbonyl (C=O) groups excluding carboxylic acids is 2. The first-order valence-corrected chi connectivity index (χ1v) is 2.22. The van der Waals surface area contributed by atoms with Crippen LogP contribution in [0.3, 0.4) is 0 Å². The molecule has 0 aromatic carbocycles. The lowest BCUT2D eigenvalue weighted by Gasteiger charge is -1.94. The van der Waals surface area contributed by atoms with Gasteiger partial charge in [-0.3, -0.25) is 4.79 Å². The van der Waals surface area contributed by atoms with Crippen molar-refractivity contribution < 1.29 is 19.4 Å². The van der Waals surface area contributed by atoms with Crippen molar-refractivity contribution in [3.05, 3.63) is 0 Å². The minimum absolute atomic E-state index is 0.383. The van der Waals surface area contributed by atoms with Gasteiger partial charge in [0.2, 0.25) is 0 Å². The zero-order chi connectivity index (χ0) is 7.28. The maximum absolute atomic E-state index is 10.1. The molecule has 0 saturated carbocycles. The summed E-state index contributed by atoms with van der Waals surface area (Å²) >= 11 is 0. The molecule has 0 aromatic heterocycles. The van der Waals surface area contributed by atoms with Crippen LogP contribution in [0.2, 0.25) is 0 Å². The highest BCUT2D eigenvalue weighted by Crippen LogP contribution is 1.76. The summed E-state index contributed by atoms with van der Waals surface area (Å²) in [5.41, 5.74) is 4.75. The average molecular weight is 132 g/mol. The van der Waals surface area contributed by atoms with E-state index >= 15 is 0 Å². The van der Waals surface area contributed by atoms with Crippen molar-refractivity contribution in [3.8, 4) is 0 Å². The smallest absolute Gasteiger partial charge is 0.343 e. The summed E-state index contributed by atoms with van der Waals surface area (Å²) in [4.78, 5) is 20.0. The fourth-order valence-electron chi connectivity index (χ4n) is 0.198. The molecule has 0 saturated heterocycles. The fraction of sp³-hybridized carbons (Fsp3) is 0.500. The number of esters is 2. The highest BCUT2D eigenvalue weighted by molar-refractivity contribution is 5.86. The van der Waals surface area contributed by atoms with Gasteiger partial charge in [0, 0.05) is 0 Å². The molecule has 0 unspecified atom stereocenters. The normalized spacial score (nSPS) is 8.67. The summed E-state index contributed by atoms with van der Waals surface area (Å²) in [6.07, 6.45) is 0. The molecule has 2 N–H and O–H groups in total. The van der Waals surface area contributed by atoms with Gasteiger partial charge < -0.3 is 10.5 Å². The second-order valence-electron chi connectivity index (χ2n) is 1.19. The van der Waals surface area contributed by atoms with Gasteiger partial charge in [-0.2, -0.15) is 0 Å². The third-order valence-corrected chi connectivity index (χ3v) is 0.512. The lowest BCUT2D eigenvalue weighted by molar-refractivity contribution is -0.161. The molecule has 0 aliphatic heterocycles. The molecule has 0 bridgehead atoms. The van der Waals surface area contributed by atoms with Crippen LogP contribution in [0.1, 0.15) is 0 Å². The Labute approximate surface area is 51.4 Å². The second-order valence-corrected chi connectivity index (χ2v) is 1.19. The summed E-state index contributed by atoms with van der Waals surface area (Å²) in [5.74, 6) is -1.97. The van der Waals surface area contributed by atoms with Gasteiger partial charge in [-0.05, 0) is 0 Å². The molecule has 0 fully saturated rings. The maximum atomic E-state index is 10.1. The monoisotopic (exact) mass is 132 g/mol. The predicted molar refractivity (Wildman–Crippen MR) is 25.7 cm³/mol. The molecule has 0 atom stereocenters. The molecular weight excluding hydrogens is 126 g/mol. The average Bonchev–Trinajstić information content (AvgIpc) is 1.87. The van der Waals surface area contributed by atoms with Crippen LogP contribution in [0.5, 0.6) is 0 Å². The zero-order valence-corrected chi connectivity index (χ0v) is 4.62. The second kappa shape index (κ2) is 3.99. The van der Waals surface area contributed by atoms with Crippen LogP contribution in [0.4, 0.5) is 0 Å². The molecule has 0 aliphatic carbocycles. The Hall–Kier alpha value is -0.940. The number of carbonyl (C=O) groups is 2. The molecule has 5 nitrogen and oxygen atoms in total. The SMILES string of the molecule is NCC(=O)OC(=O)C[O]. The first kappa shape index (κ1) is 8.06. The summed E-state index contributed by atoms with van der Waals surface area (Å²) in [5, 5.41) is 9.61. The van der Waals surface area contributed by atoms with Crippen LogP contribution in [-0.2, 0) is 19.4 Å². The van der Waals surface area contributed by atoms with Gasteiger partial charge in [0.05, 0.1) is 6.54 Å². The van der Waals surface area contributed by atoms with Crippen molar-refractivity contribution >= 4 is 11.9 Å². The number of nitrogens with two attached hydrogens (primary N) is 1. The van der Waals surface area contributed by atoms with Crippen molar-refractivity contribution in [2.24, 2.45) is 5.73 Å². The Morgan fingerprint density at radius 3 is 2.22 bits per heavy atom. The lowest BCUT2D eigenvalue weighted by atomic mass is 10.6. The molecule has 0 heterocycles. The Bertz CT molecular complexity index is 108. The van der Waals surface area contributed by atoms with Crippen LogP contribution >= 0.6 is 0 Å². The van der Waals surface area contributed by atoms with E-state index in [2.05, 4.69) is 4.74 Å². The van der Waals surface area contributed by atoms with Gasteiger partial charge in [0.1, 0.15) is 0 Å². The molecule has 0 spiro atoms. The number of hydrogen-bond acceptors (Lipinski definition) is 4. The van der Waals surface area contributed by atoms with Gasteiger partial charge in [-0.15, -0.1) is 0 Å². The van der Waals surface area contributed by atoms with E-state index in [0.29, 0.717) is 0 Å². The first-order chi connectivity index (χ1) is 4.20. The molecule has 51 valence electrons. The van der Waals surface area contributed by atoms with Crippen molar-refractivity contribution in [3.63, 3.8) is 0 Å². The van der Waals surface area contributed by atoms with Crippen LogP contribution in [0.25, 0.3) is 0 Å². The summed E-state index contributed by atoms with van der Waals surface area (Å²) in [7, 11) is 0. The van der Waals surface area contributed by atoms with Crippen molar-refractivity contribution in [2.45, 2.75) is 0 Å². The summed E-state index contributed by atoms with van der Waals surface area (Å²) in [6.45, 7) is -1.43. The van der Waals surface area contributed by atoms with Crippen LogP contribution in [0, 0.1) is 0 Å². The van der Waals surface area contributed by atoms with E-state index in [0.717, 1.165) is 0 Å². The summed E-state index contributed by atoms with van der Waals surface area (Å²) < 4.78 is 3.83. The quantitative estimate of drug-likeness (QED) is 0.363. The zero-order valence-electron chi connectivity index (χ0n) is 4.62. The molecule has 0 aliphatic rings. The molecule has 0 aromatic rings. The van der Waals surface area contributed by atoms with Crippen LogP contribution in [-0.4, -0.2) is 25.1 Å². The van der Waals surface area contributed by atoms with Gasteiger partial charge in [-0.25, -0.2) is 9.90 Å². The Morgan fingerprint density at radius 2 is 1.89 bits per heavy atom. The van der Waals surface area contributed by atoms with E-state index in [1.54, 1.807) is 0 Å². The van der Waals surface area contributed by atoms with Crippen molar-refractivity contribution in [2.75, 3.05) is 13.2 Å². The maximum Gasteiger partial charge on any atom is 0.343 e. The highest BCUT2D eigenvalue weighted by Gasteiger charge is 2.05. The van der Waals surface area contributed by atoms with Crippen molar-refractivity contribution in [1.82, 2.24) is 0 Å². The molecular formula is C4H6NO4. The number of hydrogen-bond donors (Lipinski definition) is 1. The third-order valence-electron chi connectivity index (χ3n) is 0.512. The van der Waals surface area contributed by atoms with Gasteiger partial charge in [0.25, 0.3) is 0 Å². The topological polar surface area (TPSA) is 89.3 Å². The minimum Gasteiger partial charge on any atom is -0.390 e. The first-order valence-electron chi connectivity index (χ1n) is 2.22.